The molecule has 0 bridgehead atoms. The third-order valence-corrected chi connectivity index (χ3v) is 5.10. The van der Waals surface area contributed by atoms with E-state index in [0.29, 0.717) is 6.04 Å². The number of nitrogens with zero attached hydrogens (tertiary/aromatic N) is 3. The second-order valence-electron chi connectivity index (χ2n) is 7.04. The highest BCUT2D eigenvalue weighted by Gasteiger charge is 2.20. The van der Waals surface area contributed by atoms with Crippen molar-refractivity contribution in [1.29, 1.82) is 0 Å². The van der Waals surface area contributed by atoms with Crippen molar-refractivity contribution in [3.05, 3.63) is 76.6 Å². The molecule has 0 saturated carbocycles. The fourth-order valence-electron chi connectivity index (χ4n) is 3.77. The number of nitrogens with one attached hydrogen (secondary N) is 1. The number of hydrogen-bond acceptors (Lipinski definition) is 5. The first-order valence-corrected chi connectivity index (χ1v) is 9.24. The molecule has 0 radical (unpaired) electrons. The van der Waals surface area contributed by atoms with Crippen molar-refractivity contribution in [3.8, 4) is 0 Å². The summed E-state index contributed by atoms with van der Waals surface area (Å²) in [4.78, 5) is 17.0. The lowest BCUT2D eigenvalue weighted by molar-refractivity contribution is -0.384. The van der Waals surface area contributed by atoms with E-state index in [4.69, 9.17) is 0 Å². The van der Waals surface area contributed by atoms with Crippen molar-refractivity contribution >= 4 is 22.1 Å². The molecule has 1 saturated heterocycles. The van der Waals surface area contributed by atoms with Gasteiger partial charge in [0.15, 0.2) is 0 Å². The molecule has 6 heteroatoms. The molecule has 1 aliphatic heterocycles. The number of pyridine rings is 1. The summed E-state index contributed by atoms with van der Waals surface area (Å²) >= 11 is 0. The van der Waals surface area contributed by atoms with Gasteiger partial charge in [0.25, 0.3) is 5.69 Å². The molecule has 1 N–H and O–H groups in total. The second kappa shape index (κ2) is 7.72. The maximum atomic E-state index is 10.8. The summed E-state index contributed by atoms with van der Waals surface area (Å²) in [6.45, 7) is 2.82. The third-order valence-electron chi connectivity index (χ3n) is 5.10. The fraction of sp³-hybridized carbons (Fsp3) is 0.286. The van der Waals surface area contributed by atoms with Crippen molar-refractivity contribution in [2.75, 3.05) is 18.4 Å². The topological polar surface area (TPSA) is 71.3 Å². The number of anilines is 1. The van der Waals surface area contributed by atoms with Crippen molar-refractivity contribution in [2.24, 2.45) is 0 Å². The van der Waals surface area contributed by atoms with Gasteiger partial charge in [-0.1, -0.05) is 24.3 Å². The van der Waals surface area contributed by atoms with Crippen molar-refractivity contribution < 1.29 is 4.92 Å². The Bertz CT molecular complexity index is 937. The van der Waals surface area contributed by atoms with E-state index >= 15 is 0 Å². The first kappa shape index (κ1) is 17.4. The molecule has 6 nitrogen and oxygen atoms in total. The zero-order chi connectivity index (χ0) is 18.6. The van der Waals surface area contributed by atoms with E-state index in [-0.39, 0.29) is 10.6 Å². The Morgan fingerprint density at radius 2 is 2.04 bits per heavy atom. The zero-order valence-corrected chi connectivity index (χ0v) is 15.0. The van der Waals surface area contributed by atoms with Gasteiger partial charge < -0.3 is 5.32 Å². The molecule has 2 heterocycles. The lowest BCUT2D eigenvalue weighted by Gasteiger charge is -2.34. The number of aromatic nitrogens is 1. The van der Waals surface area contributed by atoms with E-state index in [1.807, 2.05) is 24.5 Å². The highest BCUT2D eigenvalue weighted by atomic mass is 16.6. The van der Waals surface area contributed by atoms with Gasteiger partial charge in [-0.3, -0.25) is 20.0 Å². The summed E-state index contributed by atoms with van der Waals surface area (Å²) in [7, 11) is 0. The van der Waals surface area contributed by atoms with Crippen molar-refractivity contribution in [1.82, 2.24) is 9.88 Å². The van der Waals surface area contributed by atoms with Crippen LogP contribution in [0.3, 0.4) is 0 Å². The molecule has 27 heavy (non-hydrogen) atoms. The van der Waals surface area contributed by atoms with Crippen LogP contribution in [0, 0.1) is 10.1 Å². The van der Waals surface area contributed by atoms with E-state index in [1.165, 1.54) is 5.39 Å². The first-order chi connectivity index (χ1) is 13.2. The minimum atomic E-state index is -0.357. The van der Waals surface area contributed by atoms with Gasteiger partial charge in [-0.2, -0.15) is 0 Å². The van der Waals surface area contributed by atoms with Crippen LogP contribution >= 0.6 is 0 Å². The Hall–Kier alpha value is -2.99. The number of likely N-dealkylation sites (tertiary alicyclic amines) is 1. The molecule has 2 aromatic carbocycles. The molecule has 1 fully saturated rings. The average Bonchev–Trinajstić information content (AvgIpc) is 2.69. The number of nitro groups is 1. The second-order valence-corrected chi connectivity index (χ2v) is 7.04. The van der Waals surface area contributed by atoms with E-state index < -0.39 is 0 Å². The smallest absolute Gasteiger partial charge is 0.269 e. The monoisotopic (exact) mass is 362 g/mol. The molecule has 1 atom stereocenters. The minimum Gasteiger partial charge on any atom is -0.381 e. The number of hydrogen-bond donors (Lipinski definition) is 1. The van der Waals surface area contributed by atoms with Crippen LogP contribution in [0.5, 0.6) is 0 Å². The maximum Gasteiger partial charge on any atom is 0.269 e. The van der Waals surface area contributed by atoms with Gasteiger partial charge in [-0.25, -0.2) is 0 Å². The standard InChI is InChI=1S/C21H22N4O2/c26-25(27)19-8-6-16(7-9-19)14-24-12-2-4-18(15-24)23-21-5-1-3-17-13-22-11-10-20(17)21/h1,3,5-11,13,18,23H,2,4,12,14-15H2. The normalized spacial score (nSPS) is 17.7. The third kappa shape index (κ3) is 4.06. The maximum absolute atomic E-state index is 10.8. The minimum absolute atomic E-state index is 0.141. The molecule has 138 valence electrons. The predicted octanol–water partition coefficient (Wildman–Crippen LogP) is 4.22. The van der Waals surface area contributed by atoms with E-state index in [1.54, 1.807) is 12.1 Å². The molecule has 4 rings (SSSR count). The highest BCUT2D eigenvalue weighted by molar-refractivity contribution is 5.93. The lowest BCUT2D eigenvalue weighted by Crippen LogP contribution is -2.41. The Kier molecular flexibility index (Phi) is 4.98. The Balaban J connectivity index is 1.42. The molecule has 1 aliphatic rings. The molecule has 0 amide bonds. The Morgan fingerprint density at radius 1 is 1.19 bits per heavy atom. The van der Waals surface area contributed by atoms with Crippen LogP contribution < -0.4 is 5.32 Å². The van der Waals surface area contributed by atoms with Gasteiger partial charge in [0.05, 0.1) is 4.92 Å². The summed E-state index contributed by atoms with van der Waals surface area (Å²) in [6, 6.07) is 15.6. The summed E-state index contributed by atoms with van der Waals surface area (Å²) in [6.07, 6.45) is 5.99. The number of rotatable bonds is 5. The van der Waals surface area contributed by atoms with E-state index in [9.17, 15) is 10.1 Å². The summed E-state index contributed by atoms with van der Waals surface area (Å²) in [5, 5.41) is 16.8. The van der Waals surface area contributed by atoms with Crippen LogP contribution in [0.4, 0.5) is 11.4 Å². The zero-order valence-electron chi connectivity index (χ0n) is 15.0. The molecule has 1 unspecified atom stereocenters. The summed E-state index contributed by atoms with van der Waals surface area (Å²) in [5.41, 5.74) is 2.40. The highest BCUT2D eigenvalue weighted by Crippen LogP contribution is 2.25. The van der Waals surface area contributed by atoms with Gasteiger partial charge in [0.2, 0.25) is 0 Å². The van der Waals surface area contributed by atoms with Gasteiger partial charge in [0, 0.05) is 60.1 Å². The number of non-ortho nitro benzene ring substituents is 1. The van der Waals surface area contributed by atoms with Crippen LogP contribution in [0.1, 0.15) is 18.4 Å². The van der Waals surface area contributed by atoms with Gasteiger partial charge >= 0.3 is 0 Å². The largest absolute Gasteiger partial charge is 0.381 e. The quantitative estimate of drug-likeness (QED) is 0.543. The molecular formula is C21H22N4O2. The first-order valence-electron chi connectivity index (χ1n) is 9.24. The molecule has 3 aromatic rings. The molecule has 0 aliphatic carbocycles. The molecule has 1 aromatic heterocycles. The fourth-order valence-corrected chi connectivity index (χ4v) is 3.77. The van der Waals surface area contributed by atoms with Crippen LogP contribution in [-0.4, -0.2) is 33.9 Å². The van der Waals surface area contributed by atoms with Crippen LogP contribution in [0.15, 0.2) is 60.9 Å². The average molecular weight is 362 g/mol. The Labute approximate surface area is 158 Å². The van der Waals surface area contributed by atoms with Gasteiger partial charge in [-0.15, -0.1) is 0 Å². The number of fused-ring (bicyclic) bond motifs is 1. The van der Waals surface area contributed by atoms with E-state index in [2.05, 4.69) is 39.5 Å². The molecule has 0 spiro atoms. The van der Waals surface area contributed by atoms with Crippen molar-refractivity contribution in [2.45, 2.75) is 25.4 Å². The molecular weight excluding hydrogens is 340 g/mol. The number of piperidine rings is 1. The summed E-state index contributed by atoms with van der Waals surface area (Å²) in [5.74, 6) is 0. The van der Waals surface area contributed by atoms with E-state index in [0.717, 1.165) is 49.1 Å². The van der Waals surface area contributed by atoms with Crippen LogP contribution in [-0.2, 0) is 6.54 Å². The Morgan fingerprint density at radius 3 is 2.85 bits per heavy atom. The lowest BCUT2D eigenvalue weighted by atomic mass is 10.0. The van der Waals surface area contributed by atoms with Crippen molar-refractivity contribution in [3.63, 3.8) is 0 Å². The van der Waals surface area contributed by atoms with Crippen LogP contribution in [0.25, 0.3) is 10.8 Å². The van der Waals surface area contributed by atoms with Crippen LogP contribution in [0.2, 0.25) is 0 Å². The van der Waals surface area contributed by atoms with Gasteiger partial charge in [0.1, 0.15) is 0 Å². The van der Waals surface area contributed by atoms with Gasteiger partial charge in [-0.05, 0) is 37.1 Å². The summed E-state index contributed by atoms with van der Waals surface area (Å²) < 4.78 is 0. The number of nitro benzene ring substituents is 1. The SMILES string of the molecule is O=[N+]([O-])c1ccc(CN2CCCC(Nc3cccc4cnccc34)C2)cc1. The number of benzene rings is 2. The predicted molar refractivity (Wildman–Crippen MR) is 107 cm³/mol.